The first-order chi connectivity index (χ1) is 11.5. The molecule has 0 saturated heterocycles. The zero-order valence-corrected chi connectivity index (χ0v) is 15.7. The van der Waals surface area contributed by atoms with Gasteiger partial charge in [-0.05, 0) is 50.7 Å². The summed E-state index contributed by atoms with van der Waals surface area (Å²) in [6.45, 7) is 11.8. The van der Waals surface area contributed by atoms with Crippen molar-refractivity contribution in [2.45, 2.75) is 46.1 Å². The molecular weight excluding hydrogens is 304 g/mol. The van der Waals surface area contributed by atoms with Gasteiger partial charge in [0, 0.05) is 19.3 Å². The summed E-state index contributed by atoms with van der Waals surface area (Å²) in [5.74, 6) is 0.685. The van der Waals surface area contributed by atoms with Crippen molar-refractivity contribution in [1.82, 2.24) is 4.90 Å². The van der Waals surface area contributed by atoms with Crippen molar-refractivity contribution in [2.75, 3.05) is 38.7 Å². The third-order valence-electron chi connectivity index (χ3n) is 4.34. The molecule has 0 aliphatic carbocycles. The number of rotatable bonds is 11. The Morgan fingerprint density at radius 2 is 1.79 bits per heavy atom. The van der Waals surface area contributed by atoms with Gasteiger partial charge in [-0.25, -0.2) is 0 Å². The van der Waals surface area contributed by atoms with Crippen LogP contribution >= 0.6 is 0 Å². The number of nitrogens with one attached hydrogen (secondary N) is 1. The van der Waals surface area contributed by atoms with E-state index < -0.39 is 5.60 Å². The van der Waals surface area contributed by atoms with Crippen LogP contribution in [0.3, 0.4) is 0 Å². The molecule has 0 bridgehead atoms. The average molecular weight is 336 g/mol. The minimum atomic E-state index is -0.798. The molecule has 0 radical (unpaired) electrons. The summed E-state index contributed by atoms with van der Waals surface area (Å²) in [5, 5.41) is 2.91. The molecule has 1 amide bonds. The maximum atomic E-state index is 12.4. The molecule has 1 aromatic rings. The maximum Gasteiger partial charge on any atom is 0.256 e. The summed E-state index contributed by atoms with van der Waals surface area (Å²) in [6.07, 6.45) is 1.57. The summed E-state index contributed by atoms with van der Waals surface area (Å²) in [4.78, 5) is 14.7. The van der Waals surface area contributed by atoms with Crippen LogP contribution in [-0.4, -0.2) is 49.8 Å². The highest BCUT2D eigenvalue weighted by Crippen LogP contribution is 2.21. The van der Waals surface area contributed by atoms with Crippen molar-refractivity contribution in [2.24, 2.45) is 0 Å². The van der Waals surface area contributed by atoms with E-state index in [-0.39, 0.29) is 5.91 Å². The SMILES string of the molecule is CCCC(C)(OC)C(=O)Nc1ccc(OCCN(CC)CC)cc1. The Labute approximate surface area is 146 Å². The number of hydrogen-bond acceptors (Lipinski definition) is 4. The molecule has 136 valence electrons. The van der Waals surface area contributed by atoms with Gasteiger partial charge < -0.3 is 19.7 Å². The fourth-order valence-corrected chi connectivity index (χ4v) is 2.52. The largest absolute Gasteiger partial charge is 0.492 e. The zero-order chi connectivity index (χ0) is 18.0. The first-order valence-corrected chi connectivity index (χ1v) is 8.80. The highest BCUT2D eigenvalue weighted by atomic mass is 16.5. The lowest BCUT2D eigenvalue weighted by atomic mass is 9.99. The van der Waals surface area contributed by atoms with E-state index in [1.165, 1.54) is 0 Å². The van der Waals surface area contributed by atoms with Crippen molar-refractivity contribution < 1.29 is 14.3 Å². The van der Waals surface area contributed by atoms with Crippen LogP contribution in [0, 0.1) is 0 Å². The summed E-state index contributed by atoms with van der Waals surface area (Å²) >= 11 is 0. The fourth-order valence-electron chi connectivity index (χ4n) is 2.52. The molecule has 1 unspecified atom stereocenters. The van der Waals surface area contributed by atoms with E-state index in [9.17, 15) is 4.79 Å². The minimum absolute atomic E-state index is 0.123. The Kier molecular flexibility index (Phi) is 8.79. The van der Waals surface area contributed by atoms with Gasteiger partial charge in [0.25, 0.3) is 5.91 Å². The van der Waals surface area contributed by atoms with Crippen LogP contribution in [0.25, 0.3) is 0 Å². The molecule has 0 heterocycles. The molecule has 0 saturated carbocycles. The van der Waals surface area contributed by atoms with Gasteiger partial charge in [-0.1, -0.05) is 27.2 Å². The lowest BCUT2D eigenvalue weighted by molar-refractivity contribution is -0.136. The van der Waals surface area contributed by atoms with Gasteiger partial charge in [-0.3, -0.25) is 4.79 Å². The van der Waals surface area contributed by atoms with Crippen LogP contribution in [0.5, 0.6) is 5.75 Å². The van der Waals surface area contributed by atoms with E-state index in [0.29, 0.717) is 13.0 Å². The van der Waals surface area contributed by atoms with Crippen LogP contribution in [0.2, 0.25) is 0 Å². The molecule has 1 atom stereocenters. The van der Waals surface area contributed by atoms with Crippen molar-refractivity contribution in [3.8, 4) is 5.75 Å². The molecule has 5 nitrogen and oxygen atoms in total. The molecule has 0 aromatic heterocycles. The molecule has 1 aromatic carbocycles. The predicted molar refractivity (Wildman–Crippen MR) is 98.7 cm³/mol. The molecule has 0 aliphatic rings. The van der Waals surface area contributed by atoms with Gasteiger partial charge >= 0.3 is 0 Å². The molecular formula is C19H32N2O3. The van der Waals surface area contributed by atoms with Gasteiger partial charge in [-0.15, -0.1) is 0 Å². The first kappa shape index (κ1) is 20.5. The molecule has 0 spiro atoms. The molecule has 0 aliphatic heterocycles. The summed E-state index contributed by atoms with van der Waals surface area (Å²) in [7, 11) is 1.57. The van der Waals surface area contributed by atoms with Crippen molar-refractivity contribution >= 4 is 11.6 Å². The number of nitrogens with zero attached hydrogens (tertiary/aromatic N) is 1. The predicted octanol–water partition coefficient (Wildman–Crippen LogP) is 3.55. The van der Waals surface area contributed by atoms with Gasteiger partial charge in [0.1, 0.15) is 18.0 Å². The number of methoxy groups -OCH3 is 1. The normalized spacial score (nSPS) is 13.6. The van der Waals surface area contributed by atoms with Gasteiger partial charge in [0.2, 0.25) is 0 Å². The van der Waals surface area contributed by atoms with E-state index in [1.807, 2.05) is 38.1 Å². The van der Waals surface area contributed by atoms with Crippen molar-refractivity contribution in [3.05, 3.63) is 24.3 Å². The standard InChI is InChI=1S/C19H32N2O3/c1-6-13-19(4,23-5)18(22)20-16-9-11-17(12-10-16)24-15-14-21(7-2)8-3/h9-12H,6-8,13-15H2,1-5H3,(H,20,22). The van der Waals surface area contributed by atoms with Crippen LogP contribution in [-0.2, 0) is 9.53 Å². The van der Waals surface area contributed by atoms with E-state index in [2.05, 4.69) is 24.1 Å². The summed E-state index contributed by atoms with van der Waals surface area (Å²) in [5.41, 5.74) is -0.0521. The second-order valence-corrected chi connectivity index (χ2v) is 6.04. The zero-order valence-electron chi connectivity index (χ0n) is 15.7. The van der Waals surface area contributed by atoms with E-state index in [1.54, 1.807) is 7.11 Å². The molecule has 5 heteroatoms. The lowest BCUT2D eigenvalue weighted by Crippen LogP contribution is -2.41. The number of hydrogen-bond donors (Lipinski definition) is 1. The van der Waals surface area contributed by atoms with Gasteiger partial charge in [0.15, 0.2) is 0 Å². The van der Waals surface area contributed by atoms with Crippen LogP contribution in [0.4, 0.5) is 5.69 Å². The number of ether oxygens (including phenoxy) is 2. The van der Waals surface area contributed by atoms with E-state index in [0.717, 1.165) is 37.5 Å². The number of carbonyl (C=O) groups is 1. The fraction of sp³-hybridized carbons (Fsp3) is 0.632. The second kappa shape index (κ2) is 10.3. The minimum Gasteiger partial charge on any atom is -0.492 e. The third kappa shape index (κ3) is 6.13. The number of carbonyl (C=O) groups excluding carboxylic acids is 1. The highest BCUT2D eigenvalue weighted by molar-refractivity contribution is 5.97. The smallest absolute Gasteiger partial charge is 0.256 e. The van der Waals surface area contributed by atoms with Crippen molar-refractivity contribution in [1.29, 1.82) is 0 Å². The Morgan fingerprint density at radius 1 is 1.17 bits per heavy atom. The van der Waals surface area contributed by atoms with Crippen LogP contribution < -0.4 is 10.1 Å². The highest BCUT2D eigenvalue weighted by Gasteiger charge is 2.31. The van der Waals surface area contributed by atoms with Gasteiger partial charge in [0.05, 0.1) is 0 Å². The van der Waals surface area contributed by atoms with E-state index >= 15 is 0 Å². The summed E-state index contributed by atoms with van der Waals surface area (Å²) < 4.78 is 11.1. The molecule has 0 fully saturated rings. The Morgan fingerprint density at radius 3 is 2.29 bits per heavy atom. The average Bonchev–Trinajstić information content (AvgIpc) is 2.60. The first-order valence-electron chi connectivity index (χ1n) is 8.80. The number of amides is 1. The topological polar surface area (TPSA) is 50.8 Å². The quantitative estimate of drug-likeness (QED) is 0.671. The van der Waals surface area contributed by atoms with Crippen LogP contribution in [0.15, 0.2) is 24.3 Å². The third-order valence-corrected chi connectivity index (χ3v) is 4.34. The molecule has 24 heavy (non-hydrogen) atoms. The second-order valence-electron chi connectivity index (χ2n) is 6.04. The Bertz CT molecular complexity index is 486. The van der Waals surface area contributed by atoms with Crippen molar-refractivity contribution in [3.63, 3.8) is 0 Å². The number of anilines is 1. The van der Waals surface area contributed by atoms with Crippen LogP contribution in [0.1, 0.15) is 40.5 Å². The van der Waals surface area contributed by atoms with E-state index in [4.69, 9.17) is 9.47 Å². The number of benzene rings is 1. The maximum absolute atomic E-state index is 12.4. The monoisotopic (exact) mass is 336 g/mol. The molecule has 1 rings (SSSR count). The van der Waals surface area contributed by atoms with Gasteiger partial charge in [-0.2, -0.15) is 0 Å². The Balaban J connectivity index is 2.54. The lowest BCUT2D eigenvalue weighted by Gasteiger charge is -2.26. The number of likely N-dealkylation sites (N-methyl/N-ethyl adjacent to an activating group) is 1. The summed E-state index contributed by atoms with van der Waals surface area (Å²) in [6, 6.07) is 7.46. The Hall–Kier alpha value is -1.59. The molecule has 1 N–H and O–H groups in total.